The molecule has 9 nitrogen and oxygen atoms in total. The largest absolute Gasteiger partial charge is 0.472 e. The molecule has 0 radical (unpaired) electrons. The summed E-state index contributed by atoms with van der Waals surface area (Å²) in [6.45, 7) is 4.12. The Morgan fingerprint density at radius 2 is 0.926 bits per heavy atom. The molecule has 0 fully saturated rings. The molecule has 0 aromatic heterocycles. The molecule has 318 valence electrons. The molecule has 0 aromatic carbocycles. The molecular weight excluding hydrogens is 701 g/mol. The molecule has 0 aliphatic heterocycles. The van der Waals surface area contributed by atoms with E-state index in [2.05, 4.69) is 38.2 Å². The average Bonchev–Trinajstić information content (AvgIpc) is 3.15. The quantitative estimate of drug-likeness (QED) is 0.0268. The van der Waals surface area contributed by atoms with Gasteiger partial charge in [-0.15, -0.1) is 0 Å². The van der Waals surface area contributed by atoms with Gasteiger partial charge in [-0.25, -0.2) is 4.57 Å². The molecule has 0 aliphatic carbocycles. The van der Waals surface area contributed by atoms with Crippen LogP contribution in [0.5, 0.6) is 0 Å². The minimum atomic E-state index is -4.36. The normalized spacial score (nSPS) is 13.5. The number of unbranched alkanes of at least 4 members (excludes halogenated alkanes) is 24. The summed E-state index contributed by atoms with van der Waals surface area (Å²) in [6.07, 6.45) is 42.4. The number of phosphoric acid groups is 1. The fourth-order valence-electron chi connectivity index (χ4n) is 6.13. The van der Waals surface area contributed by atoms with E-state index in [0.29, 0.717) is 19.4 Å². The van der Waals surface area contributed by atoms with E-state index in [1.165, 1.54) is 116 Å². The highest BCUT2D eigenvalue weighted by Crippen LogP contribution is 2.43. The summed E-state index contributed by atoms with van der Waals surface area (Å²) < 4.78 is 33.1. The highest BCUT2D eigenvalue weighted by atomic mass is 31.2. The van der Waals surface area contributed by atoms with Gasteiger partial charge >= 0.3 is 19.8 Å². The number of carbonyl (C=O) groups excluding carboxylic acids is 2. The Hall–Kier alpha value is -1.51. The van der Waals surface area contributed by atoms with Crippen LogP contribution in [0.3, 0.4) is 0 Å². The van der Waals surface area contributed by atoms with E-state index >= 15 is 0 Å². The Kier molecular flexibility index (Phi) is 40.0. The van der Waals surface area contributed by atoms with Crippen LogP contribution < -0.4 is 5.73 Å². The van der Waals surface area contributed by atoms with Crippen molar-refractivity contribution in [1.82, 2.24) is 0 Å². The van der Waals surface area contributed by atoms with Crippen molar-refractivity contribution < 1.29 is 37.6 Å². The number of ether oxygens (including phenoxy) is 2. The third kappa shape index (κ3) is 40.2. The molecule has 0 spiro atoms. The molecule has 54 heavy (non-hydrogen) atoms. The molecule has 1 unspecified atom stereocenters. The Bertz CT molecular complexity index is 944. The summed E-state index contributed by atoms with van der Waals surface area (Å²) in [7, 11) is -4.36. The summed E-state index contributed by atoms with van der Waals surface area (Å²) in [5, 5.41) is 0. The van der Waals surface area contributed by atoms with Gasteiger partial charge in [-0.05, 0) is 77.2 Å². The van der Waals surface area contributed by atoms with Gasteiger partial charge in [-0.1, -0.05) is 154 Å². The molecule has 0 rings (SSSR count). The topological polar surface area (TPSA) is 134 Å². The maximum absolute atomic E-state index is 12.6. The van der Waals surface area contributed by atoms with E-state index in [0.717, 1.165) is 57.8 Å². The van der Waals surface area contributed by atoms with Crippen LogP contribution in [0.25, 0.3) is 0 Å². The molecule has 10 heteroatoms. The van der Waals surface area contributed by atoms with E-state index in [9.17, 15) is 19.0 Å². The number of hydrogen-bond donors (Lipinski definition) is 2. The number of allylic oxidation sites excluding steroid dienone is 4. The van der Waals surface area contributed by atoms with Crippen LogP contribution in [-0.4, -0.2) is 49.3 Å². The van der Waals surface area contributed by atoms with E-state index in [-0.39, 0.29) is 32.0 Å². The molecule has 0 bridgehead atoms. The van der Waals surface area contributed by atoms with E-state index in [4.69, 9.17) is 24.3 Å². The van der Waals surface area contributed by atoms with Gasteiger partial charge in [0.2, 0.25) is 0 Å². The third-order valence-electron chi connectivity index (χ3n) is 9.54. The first-order valence-corrected chi connectivity index (χ1v) is 23.8. The van der Waals surface area contributed by atoms with Crippen molar-refractivity contribution in [1.29, 1.82) is 0 Å². The minimum Gasteiger partial charge on any atom is -0.462 e. The monoisotopic (exact) mass is 786 g/mol. The van der Waals surface area contributed by atoms with Crippen molar-refractivity contribution in [2.24, 2.45) is 5.73 Å². The molecule has 3 N–H and O–H groups in total. The Morgan fingerprint density at radius 1 is 0.537 bits per heavy atom. The van der Waals surface area contributed by atoms with Crippen LogP contribution in [0.1, 0.15) is 213 Å². The first-order chi connectivity index (χ1) is 26.3. The maximum atomic E-state index is 12.6. The van der Waals surface area contributed by atoms with Gasteiger partial charge < -0.3 is 20.1 Å². The third-order valence-corrected chi connectivity index (χ3v) is 10.5. The van der Waals surface area contributed by atoms with Crippen LogP contribution >= 0.6 is 7.82 Å². The zero-order valence-corrected chi connectivity index (χ0v) is 35.9. The summed E-state index contributed by atoms with van der Waals surface area (Å²) >= 11 is 0. The van der Waals surface area contributed by atoms with Crippen LogP contribution in [0, 0.1) is 0 Å². The van der Waals surface area contributed by atoms with Crippen molar-refractivity contribution in [3.63, 3.8) is 0 Å². The van der Waals surface area contributed by atoms with Crippen LogP contribution in [0.2, 0.25) is 0 Å². The minimum absolute atomic E-state index is 0.0317. The van der Waals surface area contributed by atoms with Crippen LogP contribution in [0.4, 0.5) is 0 Å². The fraction of sp³-hybridized carbons (Fsp3) is 0.864. The summed E-state index contributed by atoms with van der Waals surface area (Å²) in [6, 6.07) is 0. The molecule has 0 saturated carbocycles. The fourth-order valence-corrected chi connectivity index (χ4v) is 6.92. The smallest absolute Gasteiger partial charge is 0.462 e. The lowest BCUT2D eigenvalue weighted by Gasteiger charge is -2.20. The first kappa shape index (κ1) is 52.5. The van der Waals surface area contributed by atoms with Crippen molar-refractivity contribution in [3.05, 3.63) is 24.3 Å². The van der Waals surface area contributed by atoms with Gasteiger partial charge in [0.25, 0.3) is 0 Å². The Labute approximate surface area is 332 Å². The molecule has 0 aliphatic rings. The van der Waals surface area contributed by atoms with Gasteiger partial charge in [0.15, 0.2) is 6.10 Å². The van der Waals surface area contributed by atoms with Crippen molar-refractivity contribution in [2.45, 2.75) is 219 Å². The van der Waals surface area contributed by atoms with Crippen molar-refractivity contribution >= 4 is 19.8 Å². The lowest BCUT2D eigenvalue weighted by molar-refractivity contribution is -0.161. The maximum Gasteiger partial charge on any atom is 0.472 e. The highest BCUT2D eigenvalue weighted by Gasteiger charge is 2.26. The van der Waals surface area contributed by atoms with E-state index < -0.39 is 26.5 Å². The summed E-state index contributed by atoms with van der Waals surface area (Å²) in [5.41, 5.74) is 5.42. The predicted octanol–water partition coefficient (Wildman–Crippen LogP) is 12.8. The van der Waals surface area contributed by atoms with Gasteiger partial charge in [0.1, 0.15) is 6.61 Å². The SMILES string of the molecule is CCCCCCCC/C=C/CCCCCCCCC(=O)OC[C@H](COP(=O)(O)OCCCN)OC(=O)CCCCCCCC/C=C/CCCCCCCC. The van der Waals surface area contributed by atoms with E-state index in [1.54, 1.807) is 0 Å². The number of hydrogen-bond acceptors (Lipinski definition) is 8. The lowest BCUT2D eigenvalue weighted by Crippen LogP contribution is -2.29. The second kappa shape index (κ2) is 41.1. The second-order valence-electron chi connectivity index (χ2n) is 14.9. The Balaban J connectivity index is 4.21. The zero-order chi connectivity index (χ0) is 39.6. The summed E-state index contributed by atoms with van der Waals surface area (Å²) in [5.74, 6) is -0.827. The standard InChI is InChI=1S/C44H84NO8P/c1-3-5-7-9-11-13-15-17-19-21-23-25-27-29-31-33-36-43(46)50-40-42(41-52-54(48,49)51-39-35-38-45)53-44(47)37-34-32-30-28-26-24-22-20-18-16-14-12-10-8-6-4-2/h17-20,42H,3-16,21-41,45H2,1-2H3,(H,48,49)/b19-17+,20-18+/t42-/m1/s1. The Morgan fingerprint density at radius 3 is 1.35 bits per heavy atom. The molecule has 0 aromatic rings. The molecule has 2 atom stereocenters. The second-order valence-corrected chi connectivity index (χ2v) is 16.4. The van der Waals surface area contributed by atoms with Gasteiger partial charge in [0.05, 0.1) is 13.2 Å². The number of esters is 2. The zero-order valence-electron chi connectivity index (χ0n) is 35.0. The number of nitrogens with two attached hydrogens (primary N) is 1. The molecule has 0 saturated heterocycles. The van der Waals surface area contributed by atoms with Gasteiger partial charge in [-0.3, -0.25) is 18.6 Å². The van der Waals surface area contributed by atoms with Crippen molar-refractivity contribution in [2.75, 3.05) is 26.4 Å². The lowest BCUT2D eigenvalue weighted by atomic mass is 10.1. The highest BCUT2D eigenvalue weighted by molar-refractivity contribution is 7.47. The molecule has 0 heterocycles. The van der Waals surface area contributed by atoms with Gasteiger partial charge in [-0.2, -0.15) is 0 Å². The number of carbonyl (C=O) groups is 2. The molecular formula is C44H84NO8P. The van der Waals surface area contributed by atoms with Gasteiger partial charge in [0, 0.05) is 12.8 Å². The number of phosphoric ester groups is 1. The molecule has 0 amide bonds. The van der Waals surface area contributed by atoms with Crippen LogP contribution in [-0.2, 0) is 32.7 Å². The predicted molar refractivity (Wildman–Crippen MR) is 224 cm³/mol. The van der Waals surface area contributed by atoms with E-state index in [1.807, 2.05) is 0 Å². The number of rotatable bonds is 42. The van der Waals surface area contributed by atoms with Crippen molar-refractivity contribution in [3.8, 4) is 0 Å². The first-order valence-electron chi connectivity index (χ1n) is 22.3. The average molecular weight is 786 g/mol. The van der Waals surface area contributed by atoms with Crippen LogP contribution in [0.15, 0.2) is 24.3 Å². The summed E-state index contributed by atoms with van der Waals surface area (Å²) in [4.78, 5) is 35.0.